The van der Waals surface area contributed by atoms with Crippen LogP contribution in [0.2, 0.25) is 0 Å². The lowest BCUT2D eigenvalue weighted by atomic mass is 9.96. The lowest BCUT2D eigenvalue weighted by Crippen LogP contribution is -2.32. The predicted molar refractivity (Wildman–Crippen MR) is 135 cm³/mol. The number of nitrogens with zero attached hydrogens (tertiary/aromatic N) is 1. The van der Waals surface area contributed by atoms with E-state index < -0.39 is 11.9 Å². The van der Waals surface area contributed by atoms with Crippen LogP contribution in [0.5, 0.6) is 5.75 Å². The van der Waals surface area contributed by atoms with Crippen molar-refractivity contribution in [3.63, 3.8) is 0 Å². The molecule has 1 aromatic heterocycles. The number of aromatic nitrogens is 1. The van der Waals surface area contributed by atoms with E-state index in [1.165, 1.54) is 7.11 Å². The molecule has 0 saturated carbocycles. The van der Waals surface area contributed by atoms with E-state index in [4.69, 9.17) is 9.72 Å². The van der Waals surface area contributed by atoms with Gasteiger partial charge in [0.2, 0.25) is 0 Å². The van der Waals surface area contributed by atoms with Crippen molar-refractivity contribution >= 4 is 38.7 Å². The number of methoxy groups -OCH3 is 1. The molecule has 6 nitrogen and oxygen atoms in total. The number of rotatable bonds is 7. The zero-order valence-corrected chi connectivity index (χ0v) is 20.3. The largest absolute Gasteiger partial charge is 0.497 e. The fourth-order valence-electron chi connectivity index (χ4n) is 3.99. The first-order chi connectivity index (χ1) is 16.4. The Morgan fingerprint density at radius 1 is 1.06 bits per heavy atom. The van der Waals surface area contributed by atoms with Crippen molar-refractivity contribution in [3.05, 3.63) is 94.0 Å². The number of fused-ring (bicyclic) bond motifs is 1. The Morgan fingerprint density at radius 2 is 1.82 bits per heavy atom. The van der Waals surface area contributed by atoms with Crippen LogP contribution >= 0.6 is 15.9 Å². The molecule has 3 aromatic carbocycles. The molecule has 172 valence electrons. The van der Waals surface area contributed by atoms with Gasteiger partial charge in [-0.05, 0) is 48.4 Å². The summed E-state index contributed by atoms with van der Waals surface area (Å²) >= 11 is 3.48. The predicted octanol–water partition coefficient (Wildman–Crippen LogP) is 5.58. The third-order valence-electron chi connectivity index (χ3n) is 5.73. The molecule has 0 spiro atoms. The lowest BCUT2D eigenvalue weighted by Gasteiger charge is -2.18. The molecule has 0 unspecified atom stereocenters. The number of benzene rings is 3. The zero-order valence-electron chi connectivity index (χ0n) is 18.7. The zero-order chi connectivity index (χ0) is 24.2. The fourth-order valence-corrected chi connectivity index (χ4v) is 4.35. The molecular formula is C27H23BrN2O4. The molecule has 0 aliphatic heterocycles. The van der Waals surface area contributed by atoms with Crippen LogP contribution in [0.15, 0.2) is 77.3 Å². The number of nitrogens with one attached hydrogen (secondary N) is 1. The van der Waals surface area contributed by atoms with Crippen LogP contribution in [0.4, 0.5) is 0 Å². The van der Waals surface area contributed by atoms with Crippen molar-refractivity contribution in [1.82, 2.24) is 10.3 Å². The van der Waals surface area contributed by atoms with Crippen molar-refractivity contribution in [2.24, 2.45) is 0 Å². The first-order valence-corrected chi connectivity index (χ1v) is 11.5. The number of hydrogen-bond acceptors (Lipinski definition) is 4. The van der Waals surface area contributed by atoms with Crippen LogP contribution in [-0.4, -0.2) is 35.6 Å². The Hall–Kier alpha value is -3.71. The molecule has 4 rings (SSSR count). The average Bonchev–Trinajstić information content (AvgIpc) is 2.84. The van der Waals surface area contributed by atoms with Crippen molar-refractivity contribution < 1.29 is 19.4 Å². The van der Waals surface area contributed by atoms with Gasteiger partial charge in [-0.2, -0.15) is 0 Å². The summed E-state index contributed by atoms with van der Waals surface area (Å²) in [5, 5.41) is 13.4. The van der Waals surface area contributed by atoms with Crippen LogP contribution in [0.1, 0.15) is 27.4 Å². The third-order valence-corrected chi connectivity index (χ3v) is 6.22. The van der Waals surface area contributed by atoms with E-state index in [1.54, 1.807) is 24.3 Å². The highest BCUT2D eigenvalue weighted by Crippen LogP contribution is 2.31. The number of carbonyl (C=O) groups excluding carboxylic acids is 1. The maximum Gasteiger partial charge on any atom is 0.312 e. The molecule has 4 aromatic rings. The normalized spacial score (nSPS) is 11.7. The fraction of sp³-hybridized carbons (Fsp3) is 0.148. The third kappa shape index (κ3) is 4.79. The number of aliphatic carboxylic acids is 1. The molecule has 0 saturated heterocycles. The molecule has 0 radical (unpaired) electrons. The second-order valence-corrected chi connectivity index (χ2v) is 8.78. The van der Waals surface area contributed by atoms with Crippen molar-refractivity contribution in [3.8, 4) is 17.0 Å². The van der Waals surface area contributed by atoms with E-state index in [0.717, 1.165) is 15.6 Å². The number of pyridine rings is 1. The Morgan fingerprint density at radius 3 is 2.53 bits per heavy atom. The molecule has 1 amide bonds. The summed E-state index contributed by atoms with van der Waals surface area (Å²) in [5.41, 5.74) is 4.04. The Bertz CT molecular complexity index is 1370. The maximum absolute atomic E-state index is 13.5. The van der Waals surface area contributed by atoms with Gasteiger partial charge in [0.05, 0.1) is 29.8 Å². The lowest BCUT2D eigenvalue weighted by molar-refractivity contribution is -0.138. The monoisotopic (exact) mass is 518 g/mol. The summed E-state index contributed by atoms with van der Waals surface area (Å²) in [7, 11) is 1.52. The Balaban J connectivity index is 1.73. The van der Waals surface area contributed by atoms with Crippen LogP contribution in [0.3, 0.4) is 0 Å². The van der Waals surface area contributed by atoms with Gasteiger partial charge in [-0.1, -0.05) is 58.4 Å². The van der Waals surface area contributed by atoms with Gasteiger partial charge in [0.15, 0.2) is 0 Å². The maximum atomic E-state index is 13.5. The summed E-state index contributed by atoms with van der Waals surface area (Å²) in [4.78, 5) is 30.3. The molecule has 7 heteroatoms. The van der Waals surface area contributed by atoms with Gasteiger partial charge in [-0.15, -0.1) is 0 Å². The number of carbonyl (C=O) groups is 2. The van der Waals surface area contributed by atoms with Crippen LogP contribution in [0, 0.1) is 6.92 Å². The van der Waals surface area contributed by atoms with E-state index in [1.807, 2.05) is 55.5 Å². The molecule has 0 aliphatic carbocycles. The molecule has 0 fully saturated rings. The molecule has 1 atom stereocenters. The molecular weight excluding hydrogens is 496 g/mol. The number of ether oxygens (including phenoxy) is 1. The second kappa shape index (κ2) is 10.1. The van der Waals surface area contributed by atoms with Crippen molar-refractivity contribution in [2.75, 3.05) is 13.7 Å². The van der Waals surface area contributed by atoms with E-state index in [-0.39, 0.29) is 12.5 Å². The highest BCUT2D eigenvalue weighted by molar-refractivity contribution is 9.10. The average molecular weight is 519 g/mol. The minimum atomic E-state index is -1.03. The second-order valence-electron chi connectivity index (χ2n) is 7.87. The standard InChI is InChI=1S/C27H23BrN2O4/c1-16-24(26(31)29-15-22(27(32)33)18-9-6-10-20(13-18)34-2)21-14-19(28)11-12-23(21)30-25(16)17-7-4-3-5-8-17/h3-14,22H,15H2,1-2H3,(H,29,31)(H,32,33)/t22-/m1/s1. The first-order valence-electron chi connectivity index (χ1n) is 10.7. The van der Waals surface area contributed by atoms with Gasteiger partial charge in [0, 0.05) is 22.0 Å². The van der Waals surface area contributed by atoms with Gasteiger partial charge in [-0.25, -0.2) is 4.98 Å². The summed E-state index contributed by atoms with van der Waals surface area (Å²) < 4.78 is 6.04. The minimum Gasteiger partial charge on any atom is -0.497 e. The van der Waals surface area contributed by atoms with Gasteiger partial charge in [0.25, 0.3) is 5.91 Å². The highest BCUT2D eigenvalue weighted by Gasteiger charge is 2.24. The summed E-state index contributed by atoms with van der Waals surface area (Å²) in [6, 6.07) is 22.1. The molecule has 34 heavy (non-hydrogen) atoms. The molecule has 0 aliphatic rings. The van der Waals surface area contributed by atoms with E-state index in [0.29, 0.717) is 33.5 Å². The Kier molecular flexibility index (Phi) is 6.93. The van der Waals surface area contributed by atoms with Crippen molar-refractivity contribution in [2.45, 2.75) is 12.8 Å². The number of carboxylic acids is 1. The number of carboxylic acid groups (broad SMARTS) is 1. The highest BCUT2D eigenvalue weighted by atomic mass is 79.9. The van der Waals surface area contributed by atoms with E-state index in [9.17, 15) is 14.7 Å². The minimum absolute atomic E-state index is 0.0702. The molecule has 2 N–H and O–H groups in total. The van der Waals surface area contributed by atoms with Gasteiger partial charge in [-0.3, -0.25) is 9.59 Å². The SMILES string of the molecule is COc1cccc([C@@H](CNC(=O)c2c(C)c(-c3ccccc3)nc3ccc(Br)cc23)C(=O)O)c1. The summed E-state index contributed by atoms with van der Waals surface area (Å²) in [5.74, 6) is -1.75. The quantitative estimate of drug-likeness (QED) is 0.333. The van der Waals surface area contributed by atoms with Crippen molar-refractivity contribution in [1.29, 1.82) is 0 Å². The Labute approximate surface area is 205 Å². The summed E-state index contributed by atoms with van der Waals surface area (Å²) in [6.45, 7) is 1.79. The van der Waals surface area contributed by atoms with Gasteiger partial charge in [0.1, 0.15) is 5.75 Å². The van der Waals surface area contributed by atoms with E-state index in [2.05, 4.69) is 21.2 Å². The van der Waals surface area contributed by atoms with E-state index >= 15 is 0 Å². The van der Waals surface area contributed by atoms with Crippen LogP contribution in [0.25, 0.3) is 22.2 Å². The number of hydrogen-bond donors (Lipinski definition) is 2. The van der Waals surface area contributed by atoms with Crippen LogP contribution in [-0.2, 0) is 4.79 Å². The smallest absolute Gasteiger partial charge is 0.312 e. The summed E-state index contributed by atoms with van der Waals surface area (Å²) in [6.07, 6.45) is 0. The van der Waals surface area contributed by atoms with Crippen LogP contribution < -0.4 is 10.1 Å². The topological polar surface area (TPSA) is 88.5 Å². The first kappa shape index (κ1) is 23.4. The number of halogens is 1. The number of amides is 1. The van der Waals surface area contributed by atoms with Gasteiger partial charge >= 0.3 is 5.97 Å². The van der Waals surface area contributed by atoms with Gasteiger partial charge < -0.3 is 15.2 Å². The molecule has 0 bridgehead atoms. The molecule has 1 heterocycles.